The maximum atomic E-state index is 8.62. The van der Waals surface area contributed by atoms with Gasteiger partial charge >= 0.3 is 0 Å². The van der Waals surface area contributed by atoms with Gasteiger partial charge in [0, 0.05) is 4.47 Å². The van der Waals surface area contributed by atoms with Gasteiger partial charge in [-0.15, -0.1) is 0 Å². The van der Waals surface area contributed by atoms with Crippen molar-refractivity contribution in [1.29, 1.82) is 5.26 Å². The molecule has 1 aromatic carbocycles. The van der Waals surface area contributed by atoms with Gasteiger partial charge in [0.15, 0.2) is 6.10 Å². The summed E-state index contributed by atoms with van der Waals surface area (Å²) in [6.45, 7) is 2.31. The molecule has 4 heteroatoms. The van der Waals surface area contributed by atoms with E-state index < -0.39 is 6.10 Å². The van der Waals surface area contributed by atoms with Crippen LogP contribution >= 0.6 is 15.9 Å². The van der Waals surface area contributed by atoms with Crippen LogP contribution in [0, 0.1) is 11.3 Å². The Balaban J connectivity index is 2.83. The van der Waals surface area contributed by atoms with E-state index in [0.717, 1.165) is 16.5 Å². The minimum atomic E-state index is -0.433. The van der Waals surface area contributed by atoms with Gasteiger partial charge in [-0.1, -0.05) is 15.9 Å². The zero-order valence-electron chi connectivity index (χ0n) is 8.53. The molecule has 0 amide bonds. The minimum Gasteiger partial charge on any atom is -0.476 e. The molecule has 0 bridgehead atoms. The highest BCUT2D eigenvalue weighted by molar-refractivity contribution is 9.10. The minimum absolute atomic E-state index is 0.433. The highest BCUT2D eigenvalue weighted by Crippen LogP contribution is 2.23. The highest BCUT2D eigenvalue weighted by atomic mass is 79.9. The van der Waals surface area contributed by atoms with Gasteiger partial charge in [0.2, 0.25) is 0 Å². The summed E-state index contributed by atoms with van der Waals surface area (Å²) in [5.74, 6) is 0.704. The lowest BCUT2D eigenvalue weighted by Gasteiger charge is -2.10. The molecule has 2 N–H and O–H groups in total. The SMILES string of the molecule is CC(C#N)Oc1ccc(Br)c(CCN)c1. The second kappa shape index (κ2) is 5.74. The molecular formula is C11H13BrN2O. The molecule has 1 unspecified atom stereocenters. The van der Waals surface area contributed by atoms with Crippen molar-refractivity contribution in [2.75, 3.05) is 6.54 Å². The van der Waals surface area contributed by atoms with E-state index in [1.165, 1.54) is 0 Å². The van der Waals surface area contributed by atoms with Gasteiger partial charge in [0.1, 0.15) is 11.8 Å². The van der Waals surface area contributed by atoms with Gasteiger partial charge in [-0.3, -0.25) is 0 Å². The zero-order valence-corrected chi connectivity index (χ0v) is 10.1. The summed E-state index contributed by atoms with van der Waals surface area (Å²) in [5, 5.41) is 8.62. The van der Waals surface area contributed by atoms with E-state index in [9.17, 15) is 0 Å². The topological polar surface area (TPSA) is 59.0 Å². The molecule has 1 atom stereocenters. The molecule has 0 aliphatic rings. The maximum Gasteiger partial charge on any atom is 0.181 e. The second-order valence-electron chi connectivity index (χ2n) is 3.18. The van der Waals surface area contributed by atoms with Gasteiger partial charge in [0.25, 0.3) is 0 Å². The smallest absolute Gasteiger partial charge is 0.181 e. The summed E-state index contributed by atoms with van der Waals surface area (Å²) < 4.78 is 6.40. The van der Waals surface area contributed by atoms with E-state index in [0.29, 0.717) is 12.3 Å². The van der Waals surface area contributed by atoms with Gasteiger partial charge in [-0.25, -0.2) is 0 Å². The van der Waals surface area contributed by atoms with E-state index in [1.54, 1.807) is 6.92 Å². The van der Waals surface area contributed by atoms with E-state index in [1.807, 2.05) is 24.3 Å². The molecule has 0 fully saturated rings. The standard InChI is InChI=1S/C11H13BrN2O/c1-8(7-14)15-10-2-3-11(12)9(6-10)4-5-13/h2-3,6,8H,4-5,13H2,1H3. The van der Waals surface area contributed by atoms with Crippen molar-refractivity contribution in [3.8, 4) is 11.8 Å². The van der Waals surface area contributed by atoms with Crippen LogP contribution in [0.3, 0.4) is 0 Å². The lowest BCUT2D eigenvalue weighted by atomic mass is 10.1. The van der Waals surface area contributed by atoms with Crippen LogP contribution in [-0.2, 0) is 6.42 Å². The Morgan fingerprint density at radius 1 is 1.60 bits per heavy atom. The first-order chi connectivity index (χ1) is 7.17. The summed E-state index contributed by atoms with van der Waals surface area (Å²) in [6.07, 6.45) is 0.357. The molecule has 0 radical (unpaired) electrons. The molecule has 0 saturated heterocycles. The largest absolute Gasteiger partial charge is 0.476 e. The van der Waals surface area contributed by atoms with Gasteiger partial charge < -0.3 is 10.5 Å². The Labute approximate surface area is 98.0 Å². The fraction of sp³-hybridized carbons (Fsp3) is 0.364. The predicted molar refractivity (Wildman–Crippen MR) is 62.6 cm³/mol. The quantitative estimate of drug-likeness (QED) is 0.911. The van der Waals surface area contributed by atoms with Crippen molar-refractivity contribution in [1.82, 2.24) is 0 Å². The Morgan fingerprint density at radius 3 is 2.93 bits per heavy atom. The Kier molecular flexibility index (Phi) is 4.60. The number of nitriles is 1. The molecular weight excluding hydrogens is 256 g/mol. The van der Waals surface area contributed by atoms with Crippen molar-refractivity contribution >= 4 is 15.9 Å². The van der Waals surface area contributed by atoms with Gasteiger partial charge in [-0.2, -0.15) is 5.26 Å². The number of rotatable bonds is 4. The number of hydrogen-bond donors (Lipinski definition) is 1. The van der Waals surface area contributed by atoms with Crippen molar-refractivity contribution in [3.05, 3.63) is 28.2 Å². The molecule has 80 valence electrons. The fourth-order valence-corrected chi connectivity index (χ4v) is 1.65. The zero-order chi connectivity index (χ0) is 11.3. The number of halogens is 1. The number of ether oxygens (including phenoxy) is 1. The van der Waals surface area contributed by atoms with Crippen LogP contribution in [-0.4, -0.2) is 12.6 Å². The lowest BCUT2D eigenvalue weighted by Crippen LogP contribution is -2.09. The summed E-state index contributed by atoms with van der Waals surface area (Å²) in [5.41, 5.74) is 6.59. The molecule has 1 aromatic rings. The maximum absolute atomic E-state index is 8.62. The highest BCUT2D eigenvalue weighted by Gasteiger charge is 2.05. The molecule has 0 aliphatic carbocycles. The molecule has 1 rings (SSSR count). The van der Waals surface area contributed by atoms with Gasteiger partial charge in [0.05, 0.1) is 0 Å². The number of nitrogens with zero attached hydrogens (tertiary/aromatic N) is 1. The molecule has 3 nitrogen and oxygen atoms in total. The second-order valence-corrected chi connectivity index (χ2v) is 4.04. The molecule has 0 spiro atoms. The summed E-state index contributed by atoms with van der Waals surface area (Å²) in [6, 6.07) is 7.67. The average molecular weight is 269 g/mol. The third-order valence-electron chi connectivity index (χ3n) is 1.93. The van der Waals surface area contributed by atoms with E-state index >= 15 is 0 Å². The van der Waals surface area contributed by atoms with Crippen LogP contribution in [0.25, 0.3) is 0 Å². The first kappa shape index (κ1) is 12.0. The van der Waals surface area contributed by atoms with E-state index in [4.69, 9.17) is 15.7 Å². The van der Waals surface area contributed by atoms with Crippen molar-refractivity contribution < 1.29 is 4.74 Å². The number of hydrogen-bond acceptors (Lipinski definition) is 3. The average Bonchev–Trinajstić information content (AvgIpc) is 2.23. The summed E-state index contributed by atoms with van der Waals surface area (Å²) in [4.78, 5) is 0. The van der Waals surface area contributed by atoms with Crippen molar-refractivity contribution in [2.45, 2.75) is 19.4 Å². The predicted octanol–water partition coefficient (Wildman–Crippen LogP) is 2.24. The number of benzene rings is 1. The van der Waals surface area contributed by atoms with Crippen molar-refractivity contribution in [2.24, 2.45) is 5.73 Å². The van der Waals surface area contributed by atoms with E-state index in [2.05, 4.69) is 15.9 Å². The fourth-order valence-electron chi connectivity index (χ4n) is 1.20. The monoisotopic (exact) mass is 268 g/mol. The van der Waals surface area contributed by atoms with Crippen LogP contribution in [0.2, 0.25) is 0 Å². The van der Waals surface area contributed by atoms with Gasteiger partial charge in [-0.05, 0) is 43.7 Å². The van der Waals surface area contributed by atoms with Crippen LogP contribution < -0.4 is 10.5 Å². The third-order valence-corrected chi connectivity index (χ3v) is 2.70. The summed E-state index contributed by atoms with van der Waals surface area (Å²) in [7, 11) is 0. The Hall–Kier alpha value is -1.05. The number of nitrogens with two attached hydrogens (primary N) is 1. The normalized spacial score (nSPS) is 11.9. The van der Waals surface area contributed by atoms with Crippen LogP contribution in [0.4, 0.5) is 0 Å². The molecule has 0 aliphatic heterocycles. The van der Waals surface area contributed by atoms with Crippen LogP contribution in [0.5, 0.6) is 5.75 Å². The summed E-state index contributed by atoms with van der Waals surface area (Å²) >= 11 is 3.44. The lowest BCUT2D eigenvalue weighted by molar-refractivity contribution is 0.276. The van der Waals surface area contributed by atoms with Crippen LogP contribution in [0.15, 0.2) is 22.7 Å². The van der Waals surface area contributed by atoms with E-state index in [-0.39, 0.29) is 0 Å². The van der Waals surface area contributed by atoms with Crippen molar-refractivity contribution in [3.63, 3.8) is 0 Å². The Bertz CT molecular complexity index is 373. The Morgan fingerprint density at radius 2 is 2.33 bits per heavy atom. The first-order valence-electron chi connectivity index (χ1n) is 4.72. The molecule has 15 heavy (non-hydrogen) atoms. The molecule has 0 saturated carbocycles. The molecule has 0 aromatic heterocycles. The molecule has 0 heterocycles. The first-order valence-corrected chi connectivity index (χ1v) is 5.51. The van der Waals surface area contributed by atoms with Crippen LogP contribution in [0.1, 0.15) is 12.5 Å². The third kappa shape index (κ3) is 3.54.